The highest BCUT2D eigenvalue weighted by molar-refractivity contribution is 7.23. The molecule has 1 amide bonds. The van der Waals surface area contributed by atoms with Gasteiger partial charge in [0.15, 0.2) is 0 Å². The first-order chi connectivity index (χ1) is 18.6. The Labute approximate surface area is 228 Å². The summed E-state index contributed by atoms with van der Waals surface area (Å²) >= 11 is 3.24. The van der Waals surface area contributed by atoms with Crippen LogP contribution in [0.4, 0.5) is 5.00 Å². The summed E-state index contributed by atoms with van der Waals surface area (Å²) in [6.45, 7) is 2.61. The standard InChI is InChI=1S/C30H25N3O3S2/c1-36-30(35)21-12-6-5-11-20(21)27(34)32-29-26(28-31-23-13-7-8-14-24(23)37-28)22-15-16-33(18-25(22)38-29)17-19-9-3-2-4-10-19/h2-14H,15-18H2,1H3,(H,32,34). The van der Waals surface area contributed by atoms with E-state index in [1.54, 1.807) is 46.9 Å². The van der Waals surface area contributed by atoms with Crippen LogP contribution in [0.2, 0.25) is 0 Å². The van der Waals surface area contributed by atoms with Gasteiger partial charge in [-0.15, -0.1) is 22.7 Å². The third-order valence-corrected chi connectivity index (χ3v) is 8.88. The summed E-state index contributed by atoms with van der Waals surface area (Å²) in [4.78, 5) is 34.4. The number of hydrogen-bond acceptors (Lipinski definition) is 7. The Hall–Kier alpha value is -3.85. The first kappa shape index (κ1) is 24.5. The van der Waals surface area contributed by atoms with Gasteiger partial charge in [0.05, 0.1) is 28.5 Å². The number of fused-ring (bicyclic) bond motifs is 2. The number of rotatable bonds is 6. The van der Waals surface area contributed by atoms with Gasteiger partial charge in [-0.2, -0.15) is 0 Å². The SMILES string of the molecule is COC(=O)c1ccccc1C(=O)Nc1sc2c(c1-c1nc3ccccc3s1)CCN(Cc1ccccc1)C2. The topological polar surface area (TPSA) is 71.5 Å². The zero-order valence-corrected chi connectivity index (χ0v) is 22.4. The molecule has 0 saturated carbocycles. The van der Waals surface area contributed by atoms with E-state index in [9.17, 15) is 9.59 Å². The van der Waals surface area contributed by atoms with Gasteiger partial charge in [0.1, 0.15) is 10.0 Å². The van der Waals surface area contributed by atoms with Crippen LogP contribution in [-0.2, 0) is 24.2 Å². The molecule has 190 valence electrons. The maximum absolute atomic E-state index is 13.5. The van der Waals surface area contributed by atoms with Crippen LogP contribution in [0.5, 0.6) is 0 Å². The first-order valence-electron chi connectivity index (χ1n) is 12.4. The lowest BCUT2D eigenvalue weighted by Gasteiger charge is -2.27. The monoisotopic (exact) mass is 539 g/mol. The van der Waals surface area contributed by atoms with E-state index in [0.717, 1.165) is 51.8 Å². The van der Waals surface area contributed by atoms with Gasteiger partial charge in [0.2, 0.25) is 0 Å². The number of aromatic nitrogens is 1. The summed E-state index contributed by atoms with van der Waals surface area (Å²) in [7, 11) is 1.32. The largest absolute Gasteiger partial charge is 0.465 e. The van der Waals surface area contributed by atoms with Gasteiger partial charge in [-0.05, 0) is 41.8 Å². The summed E-state index contributed by atoms with van der Waals surface area (Å²) in [5.74, 6) is -0.878. The average molecular weight is 540 g/mol. The van der Waals surface area contributed by atoms with Gasteiger partial charge in [0.25, 0.3) is 5.91 Å². The van der Waals surface area contributed by atoms with Crippen LogP contribution in [0.25, 0.3) is 20.8 Å². The number of thiophene rings is 1. The Balaban J connectivity index is 1.38. The van der Waals surface area contributed by atoms with Crippen molar-refractivity contribution in [2.75, 3.05) is 19.0 Å². The van der Waals surface area contributed by atoms with E-state index in [0.29, 0.717) is 0 Å². The highest BCUT2D eigenvalue weighted by Gasteiger charge is 2.28. The number of carbonyl (C=O) groups is 2. The summed E-state index contributed by atoms with van der Waals surface area (Å²) in [5, 5.41) is 4.79. The van der Waals surface area contributed by atoms with E-state index in [1.807, 2.05) is 24.3 Å². The van der Waals surface area contributed by atoms with Crippen molar-refractivity contribution < 1.29 is 14.3 Å². The van der Waals surface area contributed by atoms with Crippen LogP contribution in [0.3, 0.4) is 0 Å². The summed E-state index contributed by atoms with van der Waals surface area (Å²) in [5.41, 5.74) is 4.99. The van der Waals surface area contributed by atoms with E-state index in [4.69, 9.17) is 9.72 Å². The normalized spacial score (nSPS) is 13.3. The van der Waals surface area contributed by atoms with Gasteiger partial charge in [-0.1, -0.05) is 54.6 Å². The van der Waals surface area contributed by atoms with Crippen molar-refractivity contribution in [3.8, 4) is 10.6 Å². The molecule has 1 aliphatic rings. The molecular formula is C30H25N3O3S2. The molecule has 6 rings (SSSR count). The van der Waals surface area contributed by atoms with Crippen LogP contribution < -0.4 is 5.32 Å². The summed E-state index contributed by atoms with van der Waals surface area (Å²) in [6.07, 6.45) is 0.874. The molecule has 2 aromatic heterocycles. The maximum atomic E-state index is 13.5. The van der Waals surface area contributed by atoms with Gasteiger partial charge in [0, 0.05) is 30.1 Å². The number of nitrogens with one attached hydrogen (secondary N) is 1. The molecular weight excluding hydrogens is 514 g/mol. The van der Waals surface area contributed by atoms with Crippen LogP contribution in [0, 0.1) is 0 Å². The number of nitrogens with zero attached hydrogens (tertiary/aromatic N) is 2. The second-order valence-corrected chi connectivity index (χ2v) is 11.3. The molecule has 0 unspecified atom stereocenters. The molecule has 3 heterocycles. The number of para-hydroxylation sites is 1. The molecule has 1 N–H and O–H groups in total. The highest BCUT2D eigenvalue weighted by Crippen LogP contribution is 2.46. The minimum atomic E-state index is -0.538. The Morgan fingerprint density at radius 1 is 0.947 bits per heavy atom. The predicted molar refractivity (Wildman–Crippen MR) is 153 cm³/mol. The molecule has 0 fully saturated rings. The van der Waals surface area contributed by atoms with Gasteiger partial charge in [-0.25, -0.2) is 9.78 Å². The third-order valence-electron chi connectivity index (χ3n) is 6.70. The van der Waals surface area contributed by atoms with Crippen molar-refractivity contribution in [3.05, 3.63) is 106 Å². The molecule has 6 nitrogen and oxygen atoms in total. The molecule has 1 aliphatic heterocycles. The molecule has 0 spiro atoms. The molecule has 0 bridgehead atoms. The minimum absolute atomic E-state index is 0.240. The van der Waals surface area contributed by atoms with Crippen molar-refractivity contribution in [2.45, 2.75) is 19.5 Å². The van der Waals surface area contributed by atoms with Crippen LogP contribution in [0.1, 0.15) is 36.7 Å². The number of hydrogen-bond donors (Lipinski definition) is 1. The Kier molecular flexibility index (Phi) is 6.76. The van der Waals surface area contributed by atoms with Gasteiger partial charge >= 0.3 is 5.97 Å². The fraction of sp³-hybridized carbons (Fsp3) is 0.167. The zero-order valence-electron chi connectivity index (χ0n) is 20.8. The van der Waals surface area contributed by atoms with E-state index < -0.39 is 5.97 Å². The molecule has 3 aromatic carbocycles. The molecule has 8 heteroatoms. The Morgan fingerprint density at radius 3 is 2.47 bits per heavy atom. The average Bonchev–Trinajstić information content (AvgIpc) is 3.53. The van der Waals surface area contributed by atoms with Crippen LogP contribution in [-0.4, -0.2) is 35.4 Å². The number of benzene rings is 3. The number of esters is 1. The molecule has 0 radical (unpaired) electrons. The van der Waals surface area contributed by atoms with Crippen molar-refractivity contribution in [1.29, 1.82) is 0 Å². The van der Waals surface area contributed by atoms with E-state index in [-0.39, 0.29) is 17.0 Å². The van der Waals surface area contributed by atoms with Gasteiger partial charge < -0.3 is 10.1 Å². The smallest absolute Gasteiger partial charge is 0.338 e. The Morgan fingerprint density at radius 2 is 1.68 bits per heavy atom. The number of carbonyl (C=O) groups excluding carboxylic acids is 2. The number of amides is 1. The van der Waals surface area contributed by atoms with Crippen molar-refractivity contribution in [2.24, 2.45) is 0 Å². The van der Waals surface area contributed by atoms with Crippen molar-refractivity contribution in [3.63, 3.8) is 0 Å². The quantitative estimate of drug-likeness (QED) is 0.246. The number of thiazole rings is 1. The summed E-state index contributed by atoms with van der Waals surface area (Å²) in [6, 6.07) is 25.3. The molecule has 0 aliphatic carbocycles. The zero-order chi connectivity index (χ0) is 26.1. The van der Waals surface area contributed by atoms with Crippen LogP contribution in [0.15, 0.2) is 78.9 Å². The summed E-state index contributed by atoms with van der Waals surface area (Å²) < 4.78 is 6.01. The highest BCUT2D eigenvalue weighted by atomic mass is 32.1. The fourth-order valence-electron chi connectivity index (χ4n) is 4.87. The first-order valence-corrected chi connectivity index (χ1v) is 14.0. The molecule has 5 aromatic rings. The van der Waals surface area contributed by atoms with E-state index >= 15 is 0 Å². The van der Waals surface area contributed by atoms with E-state index in [1.165, 1.54) is 23.1 Å². The second-order valence-electron chi connectivity index (χ2n) is 9.13. The lowest BCUT2D eigenvalue weighted by molar-refractivity contribution is 0.0597. The number of methoxy groups -OCH3 is 1. The van der Waals surface area contributed by atoms with Crippen molar-refractivity contribution >= 4 is 49.8 Å². The molecule has 0 saturated heterocycles. The number of ether oxygens (including phenoxy) is 1. The number of anilines is 1. The van der Waals surface area contributed by atoms with Crippen LogP contribution >= 0.6 is 22.7 Å². The van der Waals surface area contributed by atoms with Crippen molar-refractivity contribution in [1.82, 2.24) is 9.88 Å². The van der Waals surface area contributed by atoms with E-state index in [2.05, 4.69) is 40.5 Å². The van der Waals surface area contributed by atoms with Gasteiger partial charge in [-0.3, -0.25) is 9.69 Å². The Bertz CT molecular complexity index is 1610. The third kappa shape index (κ3) is 4.74. The molecule has 38 heavy (non-hydrogen) atoms. The lowest BCUT2D eigenvalue weighted by atomic mass is 10.0. The molecule has 0 atom stereocenters. The minimum Gasteiger partial charge on any atom is -0.465 e. The maximum Gasteiger partial charge on any atom is 0.338 e. The second kappa shape index (κ2) is 10.5. The lowest BCUT2D eigenvalue weighted by Crippen LogP contribution is -2.29. The predicted octanol–water partition coefficient (Wildman–Crippen LogP) is 6.62. The fourth-order valence-corrected chi connectivity index (χ4v) is 7.26.